The van der Waals surface area contributed by atoms with Gasteiger partial charge in [-0.2, -0.15) is 0 Å². The molecule has 232 valence electrons. The number of Topliss-reactive ketones (excluding diaryl/α,β-unsaturated/α-hetero) is 1. The van der Waals surface area contributed by atoms with Gasteiger partial charge in [-0.15, -0.1) is 10.2 Å². The minimum atomic E-state index is -0.962. The average molecular weight is 646 g/mol. The number of halogens is 1. The number of carbonyl (C=O) groups is 2. The second-order valence-electron chi connectivity index (χ2n) is 11.0. The Kier molecular flexibility index (Phi) is 9.18. The van der Waals surface area contributed by atoms with Crippen LogP contribution in [0.1, 0.15) is 61.4 Å². The summed E-state index contributed by atoms with van der Waals surface area (Å²) in [5.41, 5.74) is 2.81. The number of ketones is 1. The molecule has 11 heteroatoms. The molecule has 0 unspecified atom stereocenters. The van der Waals surface area contributed by atoms with E-state index in [1.165, 1.54) is 40.1 Å². The molecule has 0 saturated carbocycles. The van der Waals surface area contributed by atoms with Crippen LogP contribution in [0.5, 0.6) is 11.5 Å². The molecule has 1 aromatic heterocycles. The molecule has 8 nitrogen and oxygen atoms in total. The van der Waals surface area contributed by atoms with E-state index in [9.17, 15) is 19.1 Å². The van der Waals surface area contributed by atoms with Crippen molar-refractivity contribution in [2.24, 2.45) is 0 Å². The van der Waals surface area contributed by atoms with E-state index in [1.807, 2.05) is 19.1 Å². The van der Waals surface area contributed by atoms with Crippen molar-refractivity contribution in [3.8, 4) is 11.5 Å². The van der Waals surface area contributed by atoms with E-state index in [2.05, 4.69) is 17.1 Å². The number of anilines is 1. The van der Waals surface area contributed by atoms with Gasteiger partial charge in [0.1, 0.15) is 29.2 Å². The number of aliphatic hydroxyl groups excluding tert-OH is 1. The molecule has 4 aromatic rings. The molecule has 0 spiro atoms. The lowest BCUT2D eigenvalue weighted by molar-refractivity contribution is -0.132. The number of amides is 1. The van der Waals surface area contributed by atoms with Gasteiger partial charge in [-0.1, -0.05) is 67.1 Å². The SMILES string of the molecule is CCCCCOc1cccc([C@@H]2/C(=C(\O)c3ccc4c(c3)C[C@H](C)O4)C(=O)C(=O)N2c2nnc(SCc3ccc(F)cc3)s2)c1. The molecule has 6 rings (SSSR count). The Bertz CT molecular complexity index is 1760. The van der Waals surface area contributed by atoms with Crippen molar-refractivity contribution in [2.75, 3.05) is 11.5 Å². The quantitative estimate of drug-likeness (QED) is 0.0447. The molecule has 3 aromatic carbocycles. The van der Waals surface area contributed by atoms with Crippen LogP contribution in [0.25, 0.3) is 5.76 Å². The smallest absolute Gasteiger partial charge is 0.301 e. The molecule has 1 fully saturated rings. The summed E-state index contributed by atoms with van der Waals surface area (Å²) in [6.07, 6.45) is 3.70. The van der Waals surface area contributed by atoms with Crippen molar-refractivity contribution in [2.45, 2.75) is 61.8 Å². The van der Waals surface area contributed by atoms with Crippen molar-refractivity contribution in [1.29, 1.82) is 0 Å². The van der Waals surface area contributed by atoms with Gasteiger partial charge in [0.05, 0.1) is 18.2 Å². The number of benzene rings is 3. The fraction of sp³-hybridized carbons (Fsp3) is 0.294. The fourth-order valence-electron chi connectivity index (χ4n) is 5.47. The summed E-state index contributed by atoms with van der Waals surface area (Å²) in [5, 5.41) is 20.4. The van der Waals surface area contributed by atoms with Crippen LogP contribution in [-0.2, 0) is 21.8 Å². The molecule has 2 aliphatic heterocycles. The Labute approximate surface area is 268 Å². The Morgan fingerprint density at radius 2 is 1.93 bits per heavy atom. The minimum Gasteiger partial charge on any atom is -0.507 e. The van der Waals surface area contributed by atoms with Gasteiger partial charge in [0.2, 0.25) is 5.13 Å². The molecule has 0 radical (unpaired) electrons. The van der Waals surface area contributed by atoms with E-state index in [-0.39, 0.29) is 28.4 Å². The summed E-state index contributed by atoms with van der Waals surface area (Å²) < 4.78 is 25.7. The first-order valence-electron chi connectivity index (χ1n) is 14.9. The van der Waals surface area contributed by atoms with Gasteiger partial charge in [-0.25, -0.2) is 4.39 Å². The highest BCUT2D eigenvalue weighted by Gasteiger charge is 2.48. The first-order chi connectivity index (χ1) is 21.8. The first-order valence-corrected chi connectivity index (χ1v) is 16.7. The van der Waals surface area contributed by atoms with Crippen molar-refractivity contribution in [3.05, 3.63) is 100 Å². The number of hydrogen-bond donors (Lipinski definition) is 1. The van der Waals surface area contributed by atoms with Crippen molar-refractivity contribution < 1.29 is 28.6 Å². The van der Waals surface area contributed by atoms with Crippen LogP contribution in [0, 0.1) is 5.82 Å². The molecule has 2 aliphatic rings. The number of hydrogen-bond acceptors (Lipinski definition) is 9. The summed E-state index contributed by atoms with van der Waals surface area (Å²) in [6.45, 7) is 4.63. The highest BCUT2D eigenvalue weighted by molar-refractivity contribution is 8.00. The van der Waals surface area contributed by atoms with Gasteiger partial charge in [0.15, 0.2) is 4.34 Å². The van der Waals surface area contributed by atoms with Gasteiger partial charge in [-0.05, 0) is 72.5 Å². The van der Waals surface area contributed by atoms with Gasteiger partial charge >= 0.3 is 5.91 Å². The predicted molar refractivity (Wildman–Crippen MR) is 172 cm³/mol. The maximum absolute atomic E-state index is 13.7. The Morgan fingerprint density at radius 1 is 1.11 bits per heavy atom. The lowest BCUT2D eigenvalue weighted by Gasteiger charge is -2.23. The molecule has 0 aliphatic carbocycles. The molecular weight excluding hydrogens is 614 g/mol. The molecule has 0 bridgehead atoms. The lowest BCUT2D eigenvalue weighted by atomic mass is 9.94. The second-order valence-corrected chi connectivity index (χ2v) is 13.2. The van der Waals surface area contributed by atoms with E-state index in [0.29, 0.717) is 40.0 Å². The molecule has 45 heavy (non-hydrogen) atoms. The van der Waals surface area contributed by atoms with Crippen LogP contribution in [0.15, 0.2) is 76.6 Å². The Balaban J connectivity index is 1.37. The summed E-state index contributed by atoms with van der Waals surface area (Å²) >= 11 is 2.57. The largest absolute Gasteiger partial charge is 0.507 e. The third-order valence-corrected chi connectivity index (χ3v) is 9.81. The van der Waals surface area contributed by atoms with Crippen LogP contribution in [0.4, 0.5) is 9.52 Å². The van der Waals surface area contributed by atoms with Crippen LogP contribution in [-0.4, -0.2) is 39.7 Å². The molecule has 1 N–H and O–H groups in total. The topological polar surface area (TPSA) is 102 Å². The number of thioether (sulfide) groups is 1. The van der Waals surface area contributed by atoms with Gasteiger partial charge in [0.25, 0.3) is 5.78 Å². The number of ether oxygens (including phenoxy) is 2. The Morgan fingerprint density at radius 3 is 2.73 bits per heavy atom. The maximum Gasteiger partial charge on any atom is 0.301 e. The van der Waals surface area contributed by atoms with Crippen molar-refractivity contribution in [3.63, 3.8) is 0 Å². The predicted octanol–water partition coefficient (Wildman–Crippen LogP) is 7.49. The van der Waals surface area contributed by atoms with Gasteiger partial charge < -0.3 is 14.6 Å². The number of aromatic nitrogens is 2. The van der Waals surface area contributed by atoms with Crippen LogP contribution in [0.2, 0.25) is 0 Å². The van der Waals surface area contributed by atoms with Crippen LogP contribution in [0.3, 0.4) is 0 Å². The lowest BCUT2D eigenvalue weighted by Crippen LogP contribution is -2.29. The van der Waals surface area contributed by atoms with Crippen molar-refractivity contribution >= 4 is 45.7 Å². The van der Waals surface area contributed by atoms with Gasteiger partial charge in [-0.3, -0.25) is 14.5 Å². The molecule has 3 heterocycles. The monoisotopic (exact) mass is 645 g/mol. The minimum absolute atomic E-state index is 0.00979. The molecular formula is C34H32FN3O5S2. The molecule has 2 atom stereocenters. The zero-order valence-corrected chi connectivity index (χ0v) is 26.5. The molecule has 1 saturated heterocycles. The standard InChI is InChI=1S/C34H32FN3O5S2/c1-3-4-5-15-42-26-8-6-7-22(18-26)29-28(30(39)23-11-14-27-24(17-23)16-20(2)43-27)31(40)32(41)38(29)33-36-37-34(45-33)44-19-21-9-12-25(35)13-10-21/h6-14,17-18,20,29,39H,3-5,15-16,19H2,1-2H3/b30-28+/t20-,29+/m0/s1. The maximum atomic E-state index is 13.7. The normalized spacial score (nSPS) is 18.7. The van der Waals surface area contributed by atoms with E-state index in [0.717, 1.165) is 36.1 Å². The fourth-order valence-corrected chi connectivity index (χ4v) is 7.29. The summed E-state index contributed by atoms with van der Waals surface area (Å²) in [6, 6.07) is 17.8. The number of aliphatic hydroxyl groups is 1. The van der Waals surface area contributed by atoms with E-state index < -0.39 is 17.7 Å². The van der Waals surface area contributed by atoms with Gasteiger partial charge in [0, 0.05) is 17.7 Å². The number of rotatable bonds is 11. The van der Waals surface area contributed by atoms with Crippen LogP contribution >= 0.6 is 23.1 Å². The number of carbonyl (C=O) groups excluding carboxylic acids is 2. The summed E-state index contributed by atoms with van der Waals surface area (Å²) in [4.78, 5) is 28.7. The highest BCUT2D eigenvalue weighted by atomic mass is 32.2. The zero-order valence-electron chi connectivity index (χ0n) is 24.9. The van der Waals surface area contributed by atoms with E-state index in [1.54, 1.807) is 42.5 Å². The van der Waals surface area contributed by atoms with E-state index >= 15 is 0 Å². The number of nitrogens with zero attached hydrogens (tertiary/aromatic N) is 3. The highest BCUT2D eigenvalue weighted by Crippen LogP contribution is 2.45. The Hall–Kier alpha value is -4.22. The van der Waals surface area contributed by atoms with Crippen molar-refractivity contribution in [1.82, 2.24) is 10.2 Å². The number of unbranched alkanes of at least 4 members (excludes halogenated alkanes) is 2. The summed E-state index contributed by atoms with van der Waals surface area (Å²) in [7, 11) is 0. The third kappa shape index (κ3) is 6.60. The summed E-state index contributed by atoms with van der Waals surface area (Å²) in [5.74, 6) is -0.333. The average Bonchev–Trinajstić information content (AvgIpc) is 3.73. The molecule has 1 amide bonds. The van der Waals surface area contributed by atoms with E-state index in [4.69, 9.17) is 9.47 Å². The third-order valence-electron chi connectivity index (χ3n) is 7.68. The van der Waals surface area contributed by atoms with Crippen LogP contribution < -0.4 is 14.4 Å². The second kappa shape index (κ2) is 13.4. The first kappa shape index (κ1) is 30.8. The zero-order chi connectivity index (χ0) is 31.5. The number of fused-ring (bicyclic) bond motifs is 1.